The molecule has 0 rings (SSSR count). The molecule has 102 valence electrons. The van der Waals surface area contributed by atoms with Crippen LogP contribution < -0.4 is 10.8 Å². The SMILES string of the molecule is C.CC(=O)NCCCONC(=O)OC(C)(C)C. The number of carbonyl (C=O) groups is 2. The summed E-state index contributed by atoms with van der Waals surface area (Å²) in [5.41, 5.74) is 1.62. The fraction of sp³-hybridized carbons (Fsp3) is 0.818. The minimum Gasteiger partial charge on any atom is -0.442 e. The van der Waals surface area contributed by atoms with Crippen molar-refractivity contribution in [3.05, 3.63) is 0 Å². The van der Waals surface area contributed by atoms with E-state index < -0.39 is 11.7 Å². The van der Waals surface area contributed by atoms with Gasteiger partial charge in [-0.1, -0.05) is 7.43 Å². The van der Waals surface area contributed by atoms with E-state index in [2.05, 4.69) is 10.8 Å². The lowest BCUT2D eigenvalue weighted by Crippen LogP contribution is -2.33. The Bertz CT molecular complexity index is 236. The third kappa shape index (κ3) is 14.7. The average molecular weight is 248 g/mol. The van der Waals surface area contributed by atoms with Crippen LogP contribution in [0, 0.1) is 0 Å². The molecule has 0 aliphatic rings. The summed E-state index contributed by atoms with van der Waals surface area (Å²) in [6, 6.07) is 0. The van der Waals surface area contributed by atoms with Gasteiger partial charge >= 0.3 is 6.09 Å². The third-order valence-corrected chi connectivity index (χ3v) is 1.35. The smallest absolute Gasteiger partial charge is 0.431 e. The highest BCUT2D eigenvalue weighted by molar-refractivity contribution is 5.72. The number of hydroxylamine groups is 1. The number of rotatable bonds is 5. The van der Waals surface area contributed by atoms with Crippen LogP contribution in [0.1, 0.15) is 41.5 Å². The molecule has 17 heavy (non-hydrogen) atoms. The molecular formula is C11H24N2O4. The molecule has 0 aromatic rings. The number of ether oxygens (including phenoxy) is 1. The second-order valence-electron chi connectivity index (χ2n) is 4.29. The Hall–Kier alpha value is -1.30. The lowest BCUT2D eigenvalue weighted by atomic mass is 10.2. The van der Waals surface area contributed by atoms with Crippen LogP contribution in [-0.2, 0) is 14.4 Å². The van der Waals surface area contributed by atoms with Crippen molar-refractivity contribution in [1.29, 1.82) is 0 Å². The van der Waals surface area contributed by atoms with Gasteiger partial charge in [0.1, 0.15) is 5.60 Å². The molecule has 0 radical (unpaired) electrons. The van der Waals surface area contributed by atoms with E-state index in [4.69, 9.17) is 9.57 Å². The Morgan fingerprint density at radius 3 is 2.29 bits per heavy atom. The minimum absolute atomic E-state index is 0. The highest BCUT2D eigenvalue weighted by Gasteiger charge is 2.15. The summed E-state index contributed by atoms with van der Waals surface area (Å²) in [6.45, 7) is 7.58. The number of hydrogen-bond acceptors (Lipinski definition) is 4. The molecular weight excluding hydrogens is 224 g/mol. The number of hydrogen-bond donors (Lipinski definition) is 2. The molecule has 0 aromatic carbocycles. The zero-order valence-electron chi connectivity index (χ0n) is 10.3. The number of amides is 2. The predicted octanol–water partition coefficient (Wildman–Crippen LogP) is 1.60. The normalized spacial score (nSPS) is 10.1. The maximum Gasteiger partial charge on any atom is 0.431 e. The first-order valence-corrected chi connectivity index (χ1v) is 5.16. The molecule has 0 saturated heterocycles. The minimum atomic E-state index is -0.618. The van der Waals surface area contributed by atoms with E-state index in [1.54, 1.807) is 20.8 Å². The van der Waals surface area contributed by atoms with E-state index >= 15 is 0 Å². The van der Waals surface area contributed by atoms with Gasteiger partial charge in [-0.3, -0.25) is 9.63 Å². The van der Waals surface area contributed by atoms with Crippen molar-refractivity contribution in [3.8, 4) is 0 Å². The van der Waals surface area contributed by atoms with Crippen molar-refractivity contribution >= 4 is 12.0 Å². The second kappa shape index (κ2) is 8.81. The predicted molar refractivity (Wildman–Crippen MR) is 65.4 cm³/mol. The van der Waals surface area contributed by atoms with Crippen LogP contribution in [0.25, 0.3) is 0 Å². The van der Waals surface area contributed by atoms with Crippen molar-refractivity contribution in [2.45, 2.75) is 47.1 Å². The molecule has 0 aliphatic heterocycles. The van der Waals surface area contributed by atoms with Gasteiger partial charge in [-0.2, -0.15) is 5.48 Å². The van der Waals surface area contributed by atoms with Crippen molar-refractivity contribution < 1.29 is 19.2 Å². The number of nitrogens with one attached hydrogen (secondary N) is 2. The first kappa shape index (κ1) is 18.1. The van der Waals surface area contributed by atoms with Crippen LogP contribution in [0.4, 0.5) is 4.79 Å². The van der Waals surface area contributed by atoms with Crippen LogP contribution in [0.3, 0.4) is 0 Å². The summed E-state index contributed by atoms with van der Waals surface area (Å²) >= 11 is 0. The van der Waals surface area contributed by atoms with E-state index in [9.17, 15) is 9.59 Å². The summed E-state index contributed by atoms with van der Waals surface area (Å²) in [6.07, 6.45) is 0.00192. The van der Waals surface area contributed by atoms with Crippen molar-refractivity contribution in [2.75, 3.05) is 13.2 Å². The summed E-state index contributed by atoms with van der Waals surface area (Å²) < 4.78 is 4.94. The van der Waals surface area contributed by atoms with Gasteiger partial charge in [0.2, 0.25) is 5.91 Å². The highest BCUT2D eigenvalue weighted by Crippen LogP contribution is 2.06. The fourth-order valence-corrected chi connectivity index (χ4v) is 0.818. The lowest BCUT2D eigenvalue weighted by molar-refractivity contribution is -0.119. The zero-order chi connectivity index (χ0) is 12.6. The van der Waals surface area contributed by atoms with Gasteiger partial charge in [0.15, 0.2) is 0 Å². The Kier molecular flexibility index (Phi) is 9.36. The van der Waals surface area contributed by atoms with E-state index in [1.165, 1.54) is 6.92 Å². The Morgan fingerprint density at radius 2 is 1.82 bits per heavy atom. The largest absolute Gasteiger partial charge is 0.442 e. The molecule has 0 spiro atoms. The van der Waals surface area contributed by atoms with Crippen LogP contribution in [0.5, 0.6) is 0 Å². The van der Waals surface area contributed by atoms with Crippen LogP contribution in [0.15, 0.2) is 0 Å². The average Bonchev–Trinajstić information content (AvgIpc) is 2.07. The Morgan fingerprint density at radius 1 is 1.24 bits per heavy atom. The molecule has 2 N–H and O–H groups in total. The second-order valence-corrected chi connectivity index (χ2v) is 4.29. The first-order chi connectivity index (χ1) is 7.31. The zero-order valence-corrected chi connectivity index (χ0v) is 10.3. The maximum atomic E-state index is 11.1. The van der Waals surface area contributed by atoms with Gasteiger partial charge in [0.05, 0.1) is 6.61 Å². The summed E-state index contributed by atoms with van der Waals surface area (Å²) in [4.78, 5) is 26.4. The molecule has 0 aromatic heterocycles. The van der Waals surface area contributed by atoms with E-state index in [1.807, 2.05) is 0 Å². The maximum absolute atomic E-state index is 11.1. The highest BCUT2D eigenvalue weighted by atomic mass is 16.7. The topological polar surface area (TPSA) is 76.7 Å². The quantitative estimate of drug-likeness (QED) is 0.572. The molecule has 0 bridgehead atoms. The van der Waals surface area contributed by atoms with Gasteiger partial charge in [-0.15, -0.1) is 0 Å². The third-order valence-electron chi connectivity index (χ3n) is 1.35. The summed E-state index contributed by atoms with van der Waals surface area (Å²) in [5, 5.41) is 2.61. The summed E-state index contributed by atoms with van der Waals surface area (Å²) in [7, 11) is 0. The molecule has 0 fully saturated rings. The molecule has 6 nitrogen and oxygen atoms in total. The van der Waals surface area contributed by atoms with Crippen LogP contribution in [0.2, 0.25) is 0 Å². The fourth-order valence-electron chi connectivity index (χ4n) is 0.818. The molecule has 0 atom stereocenters. The van der Waals surface area contributed by atoms with Gasteiger partial charge in [0.25, 0.3) is 0 Å². The van der Waals surface area contributed by atoms with Crippen molar-refractivity contribution in [1.82, 2.24) is 10.8 Å². The van der Waals surface area contributed by atoms with Crippen LogP contribution >= 0.6 is 0 Å². The van der Waals surface area contributed by atoms with Crippen LogP contribution in [-0.4, -0.2) is 30.8 Å². The van der Waals surface area contributed by atoms with Crippen molar-refractivity contribution in [2.24, 2.45) is 0 Å². The molecule has 6 heteroatoms. The van der Waals surface area contributed by atoms with Gasteiger partial charge in [-0.25, -0.2) is 4.79 Å². The van der Waals surface area contributed by atoms with E-state index in [-0.39, 0.29) is 13.3 Å². The van der Waals surface area contributed by atoms with Gasteiger partial charge in [0, 0.05) is 13.5 Å². The van der Waals surface area contributed by atoms with Gasteiger partial charge in [-0.05, 0) is 27.2 Å². The Balaban J connectivity index is 0. The molecule has 0 saturated carbocycles. The lowest BCUT2D eigenvalue weighted by Gasteiger charge is -2.19. The molecule has 0 aliphatic carbocycles. The molecule has 0 heterocycles. The molecule has 0 unspecified atom stereocenters. The van der Waals surface area contributed by atoms with E-state index in [0.29, 0.717) is 19.6 Å². The first-order valence-electron chi connectivity index (χ1n) is 5.16. The number of carbonyl (C=O) groups excluding carboxylic acids is 2. The Labute approximate surface area is 103 Å². The molecule has 2 amide bonds. The van der Waals surface area contributed by atoms with Gasteiger partial charge < -0.3 is 10.1 Å². The van der Waals surface area contributed by atoms with Crippen molar-refractivity contribution in [3.63, 3.8) is 0 Å². The van der Waals surface area contributed by atoms with E-state index in [0.717, 1.165) is 0 Å². The standard InChI is InChI=1S/C10H20N2O4.CH4/c1-8(13)11-6-5-7-15-12-9(14)16-10(2,3)4;/h5-7H2,1-4H3,(H,11,13)(H,12,14);1H4. The summed E-state index contributed by atoms with van der Waals surface area (Å²) in [5.74, 6) is -0.0832. The monoisotopic (exact) mass is 248 g/mol.